The van der Waals surface area contributed by atoms with E-state index in [1.165, 1.54) is 5.56 Å². The summed E-state index contributed by atoms with van der Waals surface area (Å²) in [6.45, 7) is 4.13. The zero-order chi connectivity index (χ0) is 19.5. The van der Waals surface area contributed by atoms with Crippen LogP contribution in [-0.4, -0.2) is 17.2 Å². The summed E-state index contributed by atoms with van der Waals surface area (Å²) in [4.78, 5) is 12.5. The molecule has 5 nitrogen and oxygen atoms in total. The highest BCUT2D eigenvalue weighted by molar-refractivity contribution is 5.78. The minimum atomic E-state index is -0.272. The van der Waals surface area contributed by atoms with Crippen molar-refractivity contribution < 1.29 is 18.8 Å². The van der Waals surface area contributed by atoms with E-state index < -0.39 is 0 Å². The third-order valence-electron chi connectivity index (χ3n) is 5.00. The van der Waals surface area contributed by atoms with Gasteiger partial charge in [0, 0.05) is 18.1 Å². The maximum atomic E-state index is 12.5. The molecule has 0 saturated heterocycles. The predicted octanol–water partition coefficient (Wildman–Crippen LogP) is 4.90. The molecule has 1 aliphatic rings. The molecule has 1 aromatic heterocycles. The van der Waals surface area contributed by atoms with Crippen LogP contribution in [0.3, 0.4) is 0 Å². The molecule has 0 saturated carbocycles. The van der Waals surface area contributed by atoms with E-state index in [2.05, 4.69) is 18.1 Å². The van der Waals surface area contributed by atoms with Gasteiger partial charge in [-0.25, -0.2) is 0 Å². The number of nitrogens with zero attached hydrogens (tertiary/aromatic N) is 1. The first-order valence-corrected chi connectivity index (χ1v) is 9.61. The van der Waals surface area contributed by atoms with Gasteiger partial charge in [0.25, 0.3) is 0 Å². The summed E-state index contributed by atoms with van der Waals surface area (Å²) < 4.78 is 16.7. The fourth-order valence-corrected chi connectivity index (χ4v) is 3.56. The molecule has 0 amide bonds. The Morgan fingerprint density at radius 3 is 2.82 bits per heavy atom. The van der Waals surface area contributed by atoms with Crippen LogP contribution < -0.4 is 4.74 Å². The van der Waals surface area contributed by atoms with Crippen LogP contribution in [0.2, 0.25) is 0 Å². The van der Waals surface area contributed by atoms with Crippen molar-refractivity contribution in [3.63, 3.8) is 0 Å². The van der Waals surface area contributed by atoms with Gasteiger partial charge >= 0.3 is 5.97 Å². The van der Waals surface area contributed by atoms with Crippen LogP contribution in [-0.2, 0) is 22.6 Å². The number of rotatable bonds is 6. The lowest BCUT2D eigenvalue weighted by Crippen LogP contribution is -2.15. The normalized spacial score (nSPS) is 16.3. The number of carbonyl (C=O) groups is 1. The number of esters is 1. The van der Waals surface area contributed by atoms with Crippen molar-refractivity contribution in [2.75, 3.05) is 0 Å². The maximum Gasteiger partial charge on any atom is 0.313 e. The third-order valence-corrected chi connectivity index (χ3v) is 5.00. The number of hydrogen-bond donors (Lipinski definition) is 0. The van der Waals surface area contributed by atoms with E-state index in [1.54, 1.807) is 0 Å². The first-order chi connectivity index (χ1) is 13.6. The second-order valence-electron chi connectivity index (χ2n) is 7.12. The molecular weight excluding hydrogens is 354 g/mol. The maximum absolute atomic E-state index is 12.5. The van der Waals surface area contributed by atoms with Gasteiger partial charge in [0.05, 0.1) is 5.92 Å². The van der Waals surface area contributed by atoms with Gasteiger partial charge in [-0.05, 0) is 42.7 Å². The number of aromatic nitrogens is 1. The van der Waals surface area contributed by atoms with Gasteiger partial charge in [-0.1, -0.05) is 42.4 Å². The third kappa shape index (κ3) is 3.79. The van der Waals surface area contributed by atoms with Crippen LogP contribution in [0.4, 0.5) is 0 Å². The van der Waals surface area contributed by atoms with Crippen molar-refractivity contribution in [2.24, 2.45) is 0 Å². The summed E-state index contributed by atoms with van der Waals surface area (Å²) in [5, 5.41) is 4.05. The van der Waals surface area contributed by atoms with Crippen molar-refractivity contribution in [3.05, 3.63) is 71.4 Å². The average molecular weight is 377 g/mol. The lowest BCUT2D eigenvalue weighted by molar-refractivity contribution is -0.147. The first-order valence-electron chi connectivity index (χ1n) is 9.61. The molecule has 28 heavy (non-hydrogen) atoms. The monoisotopic (exact) mass is 377 g/mol. The molecular formula is C23H23NO4. The Bertz CT molecular complexity index is 964. The SMILES string of the molecule is CCC(C(=O)OCc1cc(-c2ccc3c(c2)CC(C)O3)on1)c1ccccc1. The number of benzene rings is 2. The van der Waals surface area contributed by atoms with Crippen molar-refractivity contribution in [1.29, 1.82) is 0 Å². The lowest BCUT2D eigenvalue weighted by Gasteiger charge is -2.13. The van der Waals surface area contributed by atoms with Crippen LogP contribution in [0.15, 0.2) is 59.1 Å². The molecule has 0 fully saturated rings. The summed E-state index contributed by atoms with van der Waals surface area (Å²) in [5.41, 5.74) is 3.67. The lowest BCUT2D eigenvalue weighted by atomic mass is 9.97. The Labute approximate surface area is 164 Å². The van der Waals surface area contributed by atoms with Gasteiger partial charge in [0.2, 0.25) is 0 Å². The highest BCUT2D eigenvalue weighted by atomic mass is 16.5. The molecule has 1 aliphatic heterocycles. The van der Waals surface area contributed by atoms with E-state index >= 15 is 0 Å². The van der Waals surface area contributed by atoms with Gasteiger partial charge in [-0.2, -0.15) is 0 Å². The number of hydrogen-bond acceptors (Lipinski definition) is 5. The van der Waals surface area contributed by atoms with E-state index in [0.29, 0.717) is 17.9 Å². The zero-order valence-corrected chi connectivity index (χ0v) is 16.1. The van der Waals surface area contributed by atoms with Gasteiger partial charge in [0.15, 0.2) is 5.76 Å². The molecule has 144 valence electrons. The average Bonchev–Trinajstić information content (AvgIpc) is 3.32. The van der Waals surface area contributed by atoms with Gasteiger partial charge in [-0.3, -0.25) is 4.79 Å². The molecule has 2 aromatic carbocycles. The predicted molar refractivity (Wildman–Crippen MR) is 105 cm³/mol. The molecule has 0 spiro atoms. The van der Waals surface area contributed by atoms with E-state index in [1.807, 2.05) is 55.5 Å². The molecule has 5 heteroatoms. The molecule has 3 aromatic rings. The summed E-state index contributed by atoms with van der Waals surface area (Å²) in [7, 11) is 0. The van der Waals surface area contributed by atoms with Crippen molar-refractivity contribution in [2.45, 2.75) is 45.3 Å². The second kappa shape index (κ2) is 7.89. The molecule has 2 unspecified atom stereocenters. The van der Waals surface area contributed by atoms with Gasteiger partial charge in [0.1, 0.15) is 24.2 Å². The van der Waals surface area contributed by atoms with Gasteiger partial charge in [-0.15, -0.1) is 0 Å². The minimum Gasteiger partial charge on any atom is -0.490 e. The summed E-state index contributed by atoms with van der Waals surface area (Å²) in [6.07, 6.45) is 1.77. The van der Waals surface area contributed by atoms with Crippen LogP contribution in [0.1, 0.15) is 43.0 Å². The first kappa shape index (κ1) is 18.3. The van der Waals surface area contributed by atoms with E-state index in [0.717, 1.165) is 23.3 Å². The highest BCUT2D eigenvalue weighted by Gasteiger charge is 2.22. The number of fused-ring (bicyclic) bond motifs is 1. The molecule has 0 radical (unpaired) electrons. The summed E-state index contributed by atoms with van der Waals surface area (Å²) >= 11 is 0. The fraction of sp³-hybridized carbons (Fsp3) is 0.304. The molecule has 2 heterocycles. The van der Waals surface area contributed by atoms with Crippen LogP contribution in [0.5, 0.6) is 5.75 Å². The smallest absolute Gasteiger partial charge is 0.313 e. The molecule has 0 aliphatic carbocycles. The van der Waals surface area contributed by atoms with Crippen LogP contribution in [0.25, 0.3) is 11.3 Å². The van der Waals surface area contributed by atoms with E-state index in [4.69, 9.17) is 14.0 Å². The largest absolute Gasteiger partial charge is 0.490 e. The Morgan fingerprint density at radius 2 is 2.04 bits per heavy atom. The molecule has 0 N–H and O–H groups in total. The van der Waals surface area contributed by atoms with Gasteiger partial charge < -0.3 is 14.0 Å². The Hall–Kier alpha value is -3.08. The van der Waals surface area contributed by atoms with Crippen molar-refractivity contribution >= 4 is 5.97 Å². The van der Waals surface area contributed by atoms with Crippen molar-refractivity contribution in [3.8, 4) is 17.1 Å². The van der Waals surface area contributed by atoms with Crippen LogP contribution >= 0.6 is 0 Å². The second-order valence-corrected chi connectivity index (χ2v) is 7.12. The van der Waals surface area contributed by atoms with E-state index in [-0.39, 0.29) is 24.6 Å². The molecule has 4 rings (SSSR count). The zero-order valence-electron chi connectivity index (χ0n) is 16.1. The molecule has 0 bridgehead atoms. The van der Waals surface area contributed by atoms with E-state index in [9.17, 15) is 4.79 Å². The number of ether oxygens (including phenoxy) is 2. The minimum absolute atomic E-state index is 0.0940. The number of carbonyl (C=O) groups excluding carboxylic acids is 1. The molecule has 2 atom stereocenters. The van der Waals surface area contributed by atoms with Crippen molar-refractivity contribution in [1.82, 2.24) is 5.16 Å². The standard InChI is InChI=1S/C23H23NO4/c1-3-20(16-7-5-4-6-8-16)23(25)26-14-19-13-22(28-24-19)17-9-10-21-18(12-17)11-15(2)27-21/h4-10,12-13,15,20H,3,11,14H2,1-2H3. The summed E-state index contributed by atoms with van der Waals surface area (Å²) in [5.74, 6) is 1.06. The summed E-state index contributed by atoms with van der Waals surface area (Å²) in [6, 6.07) is 17.5. The quantitative estimate of drug-likeness (QED) is 0.572. The Kier molecular flexibility index (Phi) is 5.15. The Morgan fingerprint density at radius 1 is 1.21 bits per heavy atom. The topological polar surface area (TPSA) is 61.6 Å². The van der Waals surface area contributed by atoms with Crippen LogP contribution in [0, 0.1) is 0 Å². The highest BCUT2D eigenvalue weighted by Crippen LogP contribution is 2.33. The Balaban J connectivity index is 1.41. The fourth-order valence-electron chi connectivity index (χ4n) is 3.56.